The minimum absolute atomic E-state index is 0.293. The maximum Gasteiger partial charge on any atom is 0.277 e. The third-order valence-corrected chi connectivity index (χ3v) is 1.31. The predicted molar refractivity (Wildman–Crippen MR) is 50.2 cm³/mol. The molecule has 13 heavy (non-hydrogen) atoms. The first-order chi connectivity index (χ1) is 6.26. The molecule has 4 nitrogen and oxygen atoms in total. The lowest BCUT2D eigenvalue weighted by Gasteiger charge is -2.11. The Morgan fingerprint density at radius 3 is 2.62 bits per heavy atom. The van der Waals surface area contributed by atoms with E-state index in [1.54, 1.807) is 18.2 Å². The first kappa shape index (κ1) is 11.9. The molecule has 74 valence electrons. The third-order valence-electron chi connectivity index (χ3n) is 1.31. The van der Waals surface area contributed by atoms with Crippen molar-refractivity contribution in [3.63, 3.8) is 0 Å². The lowest BCUT2D eigenvalue weighted by molar-refractivity contribution is -0.158. The van der Waals surface area contributed by atoms with Gasteiger partial charge in [0.1, 0.15) is 0 Å². The van der Waals surface area contributed by atoms with Crippen LogP contribution in [-0.2, 0) is 14.3 Å². The van der Waals surface area contributed by atoms with Gasteiger partial charge in [-0.3, -0.25) is 4.79 Å². The molecule has 0 atom stereocenters. The monoisotopic (exact) mass is 185 g/mol. The van der Waals surface area contributed by atoms with Gasteiger partial charge in [-0.15, -0.1) is 0 Å². The molecule has 0 bridgehead atoms. The van der Waals surface area contributed by atoms with Crippen molar-refractivity contribution in [1.29, 1.82) is 0 Å². The Hall–Kier alpha value is -1.13. The van der Waals surface area contributed by atoms with Crippen LogP contribution >= 0.6 is 0 Å². The van der Waals surface area contributed by atoms with E-state index in [0.717, 1.165) is 0 Å². The molecule has 0 aliphatic rings. The van der Waals surface area contributed by atoms with Gasteiger partial charge in [-0.2, -0.15) is 0 Å². The average molecular weight is 185 g/mol. The van der Waals surface area contributed by atoms with Crippen LogP contribution in [0.15, 0.2) is 24.8 Å². The van der Waals surface area contributed by atoms with Crippen LogP contribution in [0.2, 0.25) is 0 Å². The second kappa shape index (κ2) is 7.52. The smallest absolute Gasteiger partial charge is 0.277 e. The van der Waals surface area contributed by atoms with Gasteiger partial charge in [0.05, 0.1) is 0 Å². The summed E-state index contributed by atoms with van der Waals surface area (Å²) in [5.41, 5.74) is 0. The van der Waals surface area contributed by atoms with Crippen molar-refractivity contribution in [3.05, 3.63) is 24.8 Å². The van der Waals surface area contributed by atoms with Gasteiger partial charge in [0.25, 0.3) is 5.91 Å². The van der Waals surface area contributed by atoms with Gasteiger partial charge in [-0.25, -0.2) is 0 Å². The van der Waals surface area contributed by atoms with Crippen LogP contribution in [0.5, 0.6) is 0 Å². The van der Waals surface area contributed by atoms with Crippen LogP contribution in [0.3, 0.4) is 0 Å². The van der Waals surface area contributed by atoms with E-state index in [9.17, 15) is 4.79 Å². The molecule has 0 saturated carbocycles. The molecule has 0 aromatic heterocycles. The number of nitrogens with one attached hydrogen (secondary N) is 1. The largest absolute Gasteiger partial charge is 0.348 e. The molecule has 0 fully saturated rings. The standard InChI is InChI=1S/C9H15NO3/c1-4-5-6-7-10-8(11)9(12-2)13-3/h4-6,9H,1,7H2,2-3H3,(H,10,11)/b6-5-. The van der Waals surface area contributed by atoms with Crippen LogP contribution in [0.25, 0.3) is 0 Å². The molecule has 0 rings (SSSR count). The zero-order chi connectivity index (χ0) is 10.1. The minimum atomic E-state index is -0.836. The van der Waals surface area contributed by atoms with Crippen molar-refractivity contribution in [2.75, 3.05) is 20.8 Å². The molecule has 0 heterocycles. The zero-order valence-corrected chi connectivity index (χ0v) is 7.95. The van der Waals surface area contributed by atoms with Gasteiger partial charge >= 0.3 is 0 Å². The lowest BCUT2D eigenvalue weighted by atomic mass is 10.4. The normalized spacial score (nSPS) is 10.7. The summed E-state index contributed by atoms with van der Waals surface area (Å²) in [6.45, 7) is 3.93. The van der Waals surface area contributed by atoms with E-state index >= 15 is 0 Å². The number of methoxy groups -OCH3 is 2. The van der Waals surface area contributed by atoms with Gasteiger partial charge in [-0.1, -0.05) is 24.8 Å². The topological polar surface area (TPSA) is 47.6 Å². The van der Waals surface area contributed by atoms with Gasteiger partial charge in [-0.05, 0) is 0 Å². The number of hydrogen-bond acceptors (Lipinski definition) is 3. The second-order valence-electron chi connectivity index (χ2n) is 2.21. The Bertz CT molecular complexity index is 185. The highest BCUT2D eigenvalue weighted by molar-refractivity contribution is 5.79. The van der Waals surface area contributed by atoms with Gasteiger partial charge in [0, 0.05) is 20.8 Å². The van der Waals surface area contributed by atoms with E-state index in [-0.39, 0.29) is 5.91 Å². The van der Waals surface area contributed by atoms with E-state index in [1.807, 2.05) is 0 Å². The highest BCUT2D eigenvalue weighted by atomic mass is 16.7. The summed E-state index contributed by atoms with van der Waals surface area (Å²) >= 11 is 0. The van der Waals surface area contributed by atoms with Gasteiger partial charge in [0.2, 0.25) is 6.29 Å². The first-order valence-corrected chi connectivity index (χ1v) is 3.87. The van der Waals surface area contributed by atoms with Crippen molar-refractivity contribution in [2.24, 2.45) is 0 Å². The summed E-state index contributed by atoms with van der Waals surface area (Å²) in [6, 6.07) is 0. The number of hydrogen-bond donors (Lipinski definition) is 1. The molecule has 0 aromatic carbocycles. The minimum Gasteiger partial charge on any atom is -0.348 e. The number of carbonyl (C=O) groups is 1. The van der Waals surface area contributed by atoms with E-state index in [0.29, 0.717) is 6.54 Å². The molecular weight excluding hydrogens is 170 g/mol. The summed E-state index contributed by atoms with van der Waals surface area (Å²) in [7, 11) is 2.82. The summed E-state index contributed by atoms with van der Waals surface area (Å²) in [6.07, 6.45) is 4.32. The highest BCUT2D eigenvalue weighted by Crippen LogP contribution is 1.89. The quantitative estimate of drug-likeness (QED) is 0.483. The average Bonchev–Trinajstić information content (AvgIpc) is 2.14. The zero-order valence-electron chi connectivity index (χ0n) is 7.95. The lowest BCUT2D eigenvalue weighted by Crippen LogP contribution is -2.37. The third kappa shape index (κ3) is 5.16. The first-order valence-electron chi connectivity index (χ1n) is 3.87. The summed E-state index contributed by atoms with van der Waals surface area (Å²) < 4.78 is 9.48. The maximum atomic E-state index is 11.1. The fourth-order valence-corrected chi connectivity index (χ4v) is 0.717. The SMILES string of the molecule is C=C/C=C\CNC(=O)C(OC)OC. The molecule has 4 heteroatoms. The summed E-state index contributed by atoms with van der Waals surface area (Å²) in [4.78, 5) is 11.1. The number of ether oxygens (including phenoxy) is 2. The Balaban J connectivity index is 3.72. The van der Waals surface area contributed by atoms with Crippen molar-refractivity contribution in [1.82, 2.24) is 5.32 Å². The molecule has 0 saturated heterocycles. The van der Waals surface area contributed by atoms with Crippen LogP contribution < -0.4 is 5.32 Å². The molecule has 0 unspecified atom stereocenters. The van der Waals surface area contributed by atoms with Gasteiger partial charge in [0.15, 0.2) is 0 Å². The Labute approximate surface area is 78.2 Å². The summed E-state index contributed by atoms with van der Waals surface area (Å²) in [5, 5.41) is 2.60. The van der Waals surface area contributed by atoms with E-state index in [1.165, 1.54) is 14.2 Å². The van der Waals surface area contributed by atoms with Gasteiger partial charge < -0.3 is 14.8 Å². The molecule has 0 aliphatic carbocycles. The van der Waals surface area contributed by atoms with Crippen molar-refractivity contribution < 1.29 is 14.3 Å². The van der Waals surface area contributed by atoms with Crippen LogP contribution in [0.1, 0.15) is 0 Å². The van der Waals surface area contributed by atoms with E-state index in [4.69, 9.17) is 9.47 Å². The van der Waals surface area contributed by atoms with Crippen molar-refractivity contribution >= 4 is 5.91 Å². The summed E-state index contributed by atoms with van der Waals surface area (Å²) in [5.74, 6) is -0.293. The Kier molecular flexibility index (Phi) is 6.86. The predicted octanol–water partition coefficient (Wildman–Crippen LogP) is 0.464. The fourth-order valence-electron chi connectivity index (χ4n) is 0.717. The highest BCUT2D eigenvalue weighted by Gasteiger charge is 2.14. The molecule has 1 N–H and O–H groups in total. The molecule has 0 aromatic rings. The molecule has 0 aliphatic heterocycles. The van der Waals surface area contributed by atoms with Crippen molar-refractivity contribution in [3.8, 4) is 0 Å². The van der Waals surface area contributed by atoms with Crippen LogP contribution in [-0.4, -0.2) is 33.0 Å². The number of amides is 1. The number of carbonyl (C=O) groups excluding carboxylic acids is 1. The second-order valence-corrected chi connectivity index (χ2v) is 2.21. The number of rotatable bonds is 6. The number of allylic oxidation sites excluding steroid dienone is 2. The Morgan fingerprint density at radius 1 is 1.54 bits per heavy atom. The fraction of sp³-hybridized carbons (Fsp3) is 0.444. The van der Waals surface area contributed by atoms with Crippen molar-refractivity contribution in [2.45, 2.75) is 6.29 Å². The molecule has 0 spiro atoms. The Morgan fingerprint density at radius 2 is 2.15 bits per heavy atom. The van der Waals surface area contributed by atoms with E-state index < -0.39 is 6.29 Å². The van der Waals surface area contributed by atoms with E-state index in [2.05, 4.69) is 11.9 Å². The van der Waals surface area contributed by atoms with Crippen LogP contribution in [0, 0.1) is 0 Å². The van der Waals surface area contributed by atoms with Crippen LogP contribution in [0.4, 0.5) is 0 Å². The molecule has 0 radical (unpaired) electrons. The maximum absolute atomic E-state index is 11.1. The molecular formula is C9H15NO3. The molecule has 1 amide bonds.